The summed E-state index contributed by atoms with van der Waals surface area (Å²) in [7, 11) is 0. The second-order valence-corrected chi connectivity index (χ2v) is 4.09. The third kappa shape index (κ3) is 3.52. The molecule has 1 aromatic carbocycles. The smallest absolute Gasteiger partial charge is 0.138 e. The van der Waals surface area contributed by atoms with Crippen LogP contribution in [0.4, 0.5) is 0 Å². The molecular formula is C12H16ClNO2. The Bertz CT molecular complexity index is 379. The summed E-state index contributed by atoms with van der Waals surface area (Å²) >= 11 is 6.01. The van der Waals surface area contributed by atoms with Crippen LogP contribution in [0, 0.1) is 0 Å². The minimum absolute atomic E-state index is 0.169. The fraction of sp³-hybridized carbons (Fsp3) is 0.333. The Morgan fingerprint density at radius 3 is 2.81 bits per heavy atom. The van der Waals surface area contributed by atoms with E-state index in [9.17, 15) is 5.11 Å². The van der Waals surface area contributed by atoms with Crippen molar-refractivity contribution in [3.05, 3.63) is 40.9 Å². The number of benzene rings is 1. The fourth-order valence-electron chi connectivity index (χ4n) is 1.18. The number of rotatable bonds is 5. The molecule has 0 aromatic heterocycles. The lowest BCUT2D eigenvalue weighted by Gasteiger charge is -2.12. The van der Waals surface area contributed by atoms with Gasteiger partial charge < -0.3 is 15.6 Å². The Hall–Kier alpha value is -1.03. The maximum absolute atomic E-state index is 9.52. The van der Waals surface area contributed by atoms with Gasteiger partial charge in [-0.15, -0.1) is 0 Å². The van der Waals surface area contributed by atoms with Crippen LogP contribution in [-0.4, -0.2) is 18.3 Å². The van der Waals surface area contributed by atoms with E-state index in [0.717, 1.165) is 5.57 Å². The van der Waals surface area contributed by atoms with Gasteiger partial charge in [0.05, 0.1) is 11.1 Å². The summed E-state index contributed by atoms with van der Waals surface area (Å²) < 4.78 is 5.42. The van der Waals surface area contributed by atoms with Crippen LogP contribution < -0.4 is 10.5 Å². The molecule has 1 aromatic rings. The Labute approximate surface area is 100 Å². The van der Waals surface area contributed by atoms with Crippen LogP contribution in [0.15, 0.2) is 30.4 Å². The lowest BCUT2D eigenvalue weighted by Crippen LogP contribution is -2.11. The van der Waals surface area contributed by atoms with E-state index in [4.69, 9.17) is 22.1 Å². The van der Waals surface area contributed by atoms with Crippen LogP contribution >= 0.6 is 11.6 Å². The molecule has 0 bridgehead atoms. The van der Waals surface area contributed by atoms with Crippen molar-refractivity contribution < 1.29 is 9.84 Å². The quantitative estimate of drug-likeness (QED) is 0.778. The zero-order chi connectivity index (χ0) is 12.1. The molecule has 3 N–H and O–H groups in total. The number of hydrogen-bond acceptors (Lipinski definition) is 3. The Balaban J connectivity index is 2.79. The first kappa shape index (κ1) is 13.0. The Kier molecular flexibility index (Phi) is 4.80. The molecule has 3 nitrogen and oxygen atoms in total. The molecule has 0 radical (unpaired) electrons. The van der Waals surface area contributed by atoms with Crippen LogP contribution in [0.2, 0.25) is 5.02 Å². The van der Waals surface area contributed by atoms with Crippen molar-refractivity contribution in [2.24, 2.45) is 5.73 Å². The molecule has 0 spiro atoms. The second kappa shape index (κ2) is 5.89. The summed E-state index contributed by atoms with van der Waals surface area (Å²) in [5, 5.41) is 9.99. The van der Waals surface area contributed by atoms with Crippen LogP contribution in [-0.2, 0) is 0 Å². The Morgan fingerprint density at radius 2 is 2.31 bits per heavy atom. The van der Waals surface area contributed by atoms with Crippen molar-refractivity contribution in [3.8, 4) is 5.75 Å². The van der Waals surface area contributed by atoms with Crippen LogP contribution in [0.1, 0.15) is 18.6 Å². The van der Waals surface area contributed by atoms with Crippen LogP contribution in [0.5, 0.6) is 5.75 Å². The van der Waals surface area contributed by atoms with Gasteiger partial charge >= 0.3 is 0 Å². The van der Waals surface area contributed by atoms with Gasteiger partial charge in [-0.05, 0) is 30.2 Å². The number of ether oxygens (including phenoxy) is 1. The molecule has 1 rings (SSSR count). The van der Waals surface area contributed by atoms with Crippen molar-refractivity contribution >= 4 is 11.6 Å². The third-order valence-corrected chi connectivity index (χ3v) is 2.33. The highest BCUT2D eigenvalue weighted by atomic mass is 35.5. The molecule has 0 amide bonds. The first-order chi connectivity index (χ1) is 7.54. The van der Waals surface area contributed by atoms with Gasteiger partial charge in [-0.25, -0.2) is 0 Å². The summed E-state index contributed by atoms with van der Waals surface area (Å²) in [5.41, 5.74) is 6.96. The minimum atomic E-state index is -0.687. The van der Waals surface area contributed by atoms with E-state index in [-0.39, 0.29) is 6.54 Å². The molecule has 88 valence electrons. The normalized spacial score (nSPS) is 12.2. The number of aliphatic hydroxyl groups excluding tert-OH is 1. The van der Waals surface area contributed by atoms with Gasteiger partial charge in [0.15, 0.2) is 0 Å². The van der Waals surface area contributed by atoms with Gasteiger partial charge in [-0.3, -0.25) is 0 Å². The van der Waals surface area contributed by atoms with Gasteiger partial charge in [-0.2, -0.15) is 0 Å². The summed E-state index contributed by atoms with van der Waals surface area (Å²) in [6.07, 6.45) is -0.687. The molecule has 0 fully saturated rings. The van der Waals surface area contributed by atoms with E-state index >= 15 is 0 Å². The summed E-state index contributed by atoms with van der Waals surface area (Å²) in [5.74, 6) is 0.581. The van der Waals surface area contributed by atoms with E-state index in [1.54, 1.807) is 18.2 Å². The molecular weight excluding hydrogens is 226 g/mol. The first-order valence-electron chi connectivity index (χ1n) is 4.99. The first-order valence-corrected chi connectivity index (χ1v) is 5.37. The number of halogens is 1. The molecule has 0 aliphatic heterocycles. The van der Waals surface area contributed by atoms with Crippen molar-refractivity contribution in [1.29, 1.82) is 0 Å². The maximum Gasteiger partial charge on any atom is 0.138 e. The SMILES string of the molecule is C=C(C)COc1ccc(C(O)CN)cc1Cl. The van der Waals surface area contributed by atoms with Gasteiger partial charge in [0.1, 0.15) is 12.4 Å². The minimum Gasteiger partial charge on any atom is -0.488 e. The van der Waals surface area contributed by atoms with Crippen molar-refractivity contribution in [2.45, 2.75) is 13.0 Å². The average molecular weight is 242 g/mol. The number of nitrogens with two attached hydrogens (primary N) is 1. The lowest BCUT2D eigenvalue weighted by atomic mass is 10.1. The molecule has 4 heteroatoms. The zero-order valence-electron chi connectivity index (χ0n) is 9.24. The highest BCUT2D eigenvalue weighted by molar-refractivity contribution is 6.32. The molecule has 0 saturated heterocycles. The van der Waals surface area contributed by atoms with Crippen molar-refractivity contribution in [2.75, 3.05) is 13.2 Å². The number of aliphatic hydroxyl groups is 1. The van der Waals surface area contributed by atoms with Crippen LogP contribution in [0.3, 0.4) is 0 Å². The predicted molar refractivity (Wildman–Crippen MR) is 65.8 cm³/mol. The van der Waals surface area contributed by atoms with Crippen molar-refractivity contribution in [3.63, 3.8) is 0 Å². The van der Waals surface area contributed by atoms with E-state index in [1.807, 2.05) is 6.92 Å². The number of hydrogen-bond donors (Lipinski definition) is 2. The van der Waals surface area contributed by atoms with E-state index in [2.05, 4.69) is 6.58 Å². The topological polar surface area (TPSA) is 55.5 Å². The molecule has 0 heterocycles. The summed E-state index contributed by atoms with van der Waals surface area (Å²) in [4.78, 5) is 0. The molecule has 1 unspecified atom stereocenters. The van der Waals surface area contributed by atoms with Gasteiger partial charge in [0.25, 0.3) is 0 Å². The molecule has 0 saturated carbocycles. The van der Waals surface area contributed by atoms with Gasteiger partial charge in [0, 0.05) is 6.54 Å². The second-order valence-electron chi connectivity index (χ2n) is 3.69. The van der Waals surface area contributed by atoms with Crippen LogP contribution in [0.25, 0.3) is 0 Å². The van der Waals surface area contributed by atoms with Gasteiger partial charge in [0.2, 0.25) is 0 Å². The Morgan fingerprint density at radius 1 is 1.62 bits per heavy atom. The molecule has 0 aliphatic carbocycles. The molecule has 0 aliphatic rings. The third-order valence-electron chi connectivity index (χ3n) is 2.04. The standard InChI is InChI=1S/C12H16ClNO2/c1-8(2)7-16-12-4-3-9(5-10(12)13)11(15)6-14/h3-5,11,15H,1,6-7,14H2,2H3. The van der Waals surface area contributed by atoms with Crippen molar-refractivity contribution in [1.82, 2.24) is 0 Å². The summed E-state index contributed by atoms with van der Waals surface area (Å²) in [6, 6.07) is 5.13. The van der Waals surface area contributed by atoms with E-state index in [0.29, 0.717) is 22.9 Å². The maximum atomic E-state index is 9.52. The van der Waals surface area contributed by atoms with E-state index < -0.39 is 6.10 Å². The fourth-order valence-corrected chi connectivity index (χ4v) is 1.42. The predicted octanol–water partition coefficient (Wildman–Crippen LogP) is 2.29. The highest BCUT2D eigenvalue weighted by Gasteiger charge is 2.08. The average Bonchev–Trinajstić information content (AvgIpc) is 2.26. The largest absolute Gasteiger partial charge is 0.488 e. The zero-order valence-corrected chi connectivity index (χ0v) is 10.00. The monoisotopic (exact) mass is 241 g/mol. The molecule has 16 heavy (non-hydrogen) atoms. The lowest BCUT2D eigenvalue weighted by molar-refractivity contribution is 0.186. The van der Waals surface area contributed by atoms with Gasteiger partial charge in [-0.1, -0.05) is 24.2 Å². The summed E-state index contributed by atoms with van der Waals surface area (Å²) in [6.45, 7) is 6.21. The highest BCUT2D eigenvalue weighted by Crippen LogP contribution is 2.27. The van der Waals surface area contributed by atoms with E-state index in [1.165, 1.54) is 0 Å². The molecule has 1 atom stereocenters.